The van der Waals surface area contributed by atoms with Gasteiger partial charge in [-0.05, 0) is 36.5 Å². The average molecular weight is 289 g/mol. The van der Waals surface area contributed by atoms with E-state index in [1.54, 1.807) is 0 Å². The highest BCUT2D eigenvalue weighted by Gasteiger charge is 2.11. The van der Waals surface area contributed by atoms with Crippen LogP contribution >= 0.6 is 0 Å². The van der Waals surface area contributed by atoms with Crippen LogP contribution in [-0.4, -0.2) is 26.7 Å². The van der Waals surface area contributed by atoms with Gasteiger partial charge in [0.1, 0.15) is 5.82 Å². The van der Waals surface area contributed by atoms with E-state index in [2.05, 4.69) is 4.72 Å². The summed E-state index contributed by atoms with van der Waals surface area (Å²) in [6.45, 7) is 2.38. The van der Waals surface area contributed by atoms with Crippen LogP contribution in [0.5, 0.6) is 0 Å². The molecule has 1 unspecified atom stereocenters. The highest BCUT2D eigenvalue weighted by Crippen LogP contribution is 2.07. The van der Waals surface area contributed by atoms with E-state index in [9.17, 15) is 12.8 Å². The van der Waals surface area contributed by atoms with Crippen molar-refractivity contribution in [3.05, 3.63) is 35.6 Å². The molecule has 2 N–H and O–H groups in total. The van der Waals surface area contributed by atoms with Gasteiger partial charge in [-0.3, -0.25) is 0 Å². The molecule has 1 aromatic carbocycles. The fourth-order valence-corrected chi connectivity index (χ4v) is 2.81. The number of nitrogens with one attached hydrogen (secondary N) is 1. The Bertz CT molecular complexity index is 473. The lowest BCUT2D eigenvalue weighted by Crippen LogP contribution is -2.26. The lowest BCUT2D eigenvalue weighted by molar-refractivity contribution is 0.228. The summed E-state index contributed by atoms with van der Waals surface area (Å²) in [7, 11) is -3.39. The predicted molar refractivity (Wildman–Crippen MR) is 72.5 cm³/mol. The van der Waals surface area contributed by atoms with Gasteiger partial charge in [0.25, 0.3) is 0 Å². The Balaban J connectivity index is 2.38. The molecule has 0 fully saturated rings. The number of hydrogen-bond donors (Lipinski definition) is 2. The standard InChI is InChI=1S/C13H20FNO3S/c1-11(9-16)3-2-8-15-19(17,18)10-12-4-6-13(14)7-5-12/h4-7,11,15-16H,2-3,8-10H2,1H3. The molecule has 19 heavy (non-hydrogen) atoms. The molecule has 0 radical (unpaired) electrons. The molecule has 4 nitrogen and oxygen atoms in total. The molecule has 1 rings (SSSR count). The molecule has 1 atom stereocenters. The Kier molecular flexibility index (Phi) is 6.41. The Hall–Kier alpha value is -0.980. The van der Waals surface area contributed by atoms with Crippen LogP contribution in [0.2, 0.25) is 0 Å². The quantitative estimate of drug-likeness (QED) is 0.715. The monoisotopic (exact) mass is 289 g/mol. The van der Waals surface area contributed by atoms with Crippen molar-refractivity contribution in [3.63, 3.8) is 0 Å². The third-order valence-electron chi connectivity index (χ3n) is 2.78. The highest BCUT2D eigenvalue weighted by atomic mass is 32.2. The molecule has 0 aromatic heterocycles. The molecule has 0 bridgehead atoms. The van der Waals surface area contributed by atoms with Gasteiger partial charge < -0.3 is 5.11 Å². The summed E-state index contributed by atoms with van der Waals surface area (Å²) in [5, 5.41) is 8.84. The number of aliphatic hydroxyl groups is 1. The van der Waals surface area contributed by atoms with Crippen molar-refractivity contribution in [2.75, 3.05) is 13.2 Å². The minimum Gasteiger partial charge on any atom is -0.396 e. The van der Waals surface area contributed by atoms with Gasteiger partial charge in [-0.25, -0.2) is 17.5 Å². The molecular weight excluding hydrogens is 269 g/mol. The minimum absolute atomic E-state index is 0.113. The second-order valence-corrected chi connectivity index (χ2v) is 6.52. The second kappa shape index (κ2) is 7.57. The van der Waals surface area contributed by atoms with Crippen LogP contribution in [0.4, 0.5) is 4.39 Å². The van der Waals surface area contributed by atoms with E-state index in [0.717, 1.165) is 6.42 Å². The minimum atomic E-state index is -3.39. The second-order valence-electron chi connectivity index (χ2n) is 4.71. The number of halogens is 1. The Morgan fingerprint density at radius 3 is 2.53 bits per heavy atom. The zero-order valence-electron chi connectivity index (χ0n) is 11.0. The predicted octanol–water partition coefficient (Wildman–Crippen LogP) is 1.65. The summed E-state index contributed by atoms with van der Waals surface area (Å²) in [6.07, 6.45) is 1.46. The molecule has 0 amide bonds. The lowest BCUT2D eigenvalue weighted by Gasteiger charge is -2.09. The van der Waals surface area contributed by atoms with Gasteiger partial charge in [0, 0.05) is 13.2 Å². The van der Waals surface area contributed by atoms with Crippen molar-refractivity contribution in [1.29, 1.82) is 0 Å². The van der Waals surface area contributed by atoms with E-state index in [0.29, 0.717) is 18.5 Å². The van der Waals surface area contributed by atoms with E-state index in [-0.39, 0.29) is 24.1 Å². The molecule has 0 saturated heterocycles. The summed E-state index contributed by atoms with van der Waals surface area (Å²) in [5.74, 6) is -0.350. The number of sulfonamides is 1. The number of benzene rings is 1. The van der Waals surface area contributed by atoms with Gasteiger partial charge in [0.05, 0.1) is 5.75 Å². The van der Waals surface area contributed by atoms with Gasteiger partial charge in [-0.15, -0.1) is 0 Å². The molecular formula is C13H20FNO3S. The van der Waals surface area contributed by atoms with Crippen molar-refractivity contribution in [1.82, 2.24) is 4.72 Å². The molecule has 0 heterocycles. The van der Waals surface area contributed by atoms with Crippen molar-refractivity contribution in [3.8, 4) is 0 Å². The van der Waals surface area contributed by atoms with Crippen LogP contribution in [-0.2, 0) is 15.8 Å². The summed E-state index contributed by atoms with van der Waals surface area (Å²) in [6, 6.07) is 5.41. The molecule has 0 aliphatic rings. The summed E-state index contributed by atoms with van der Waals surface area (Å²) < 4.78 is 38.7. The molecule has 0 spiro atoms. The molecule has 0 aliphatic heterocycles. The maximum Gasteiger partial charge on any atom is 0.215 e. The van der Waals surface area contributed by atoms with Gasteiger partial charge in [-0.2, -0.15) is 0 Å². The van der Waals surface area contributed by atoms with E-state index >= 15 is 0 Å². The van der Waals surface area contributed by atoms with Gasteiger partial charge in [0.2, 0.25) is 10.0 Å². The lowest BCUT2D eigenvalue weighted by atomic mass is 10.1. The largest absolute Gasteiger partial charge is 0.396 e. The van der Waals surface area contributed by atoms with Crippen LogP contribution in [0, 0.1) is 11.7 Å². The molecule has 0 aliphatic carbocycles. The first-order valence-electron chi connectivity index (χ1n) is 6.25. The van der Waals surface area contributed by atoms with Crippen LogP contribution in [0.15, 0.2) is 24.3 Å². The fourth-order valence-electron chi connectivity index (χ4n) is 1.62. The first-order chi connectivity index (χ1) is 8.93. The first kappa shape index (κ1) is 16.1. The van der Waals surface area contributed by atoms with Crippen molar-refractivity contribution in [2.24, 2.45) is 5.92 Å². The molecule has 108 valence electrons. The van der Waals surface area contributed by atoms with Crippen molar-refractivity contribution in [2.45, 2.75) is 25.5 Å². The van der Waals surface area contributed by atoms with Gasteiger partial charge in [0.15, 0.2) is 0 Å². The Morgan fingerprint density at radius 1 is 1.32 bits per heavy atom. The van der Waals surface area contributed by atoms with Gasteiger partial charge in [-0.1, -0.05) is 19.1 Å². The summed E-state index contributed by atoms with van der Waals surface area (Å²) in [4.78, 5) is 0. The third-order valence-corrected chi connectivity index (χ3v) is 4.13. The van der Waals surface area contributed by atoms with E-state index in [1.165, 1.54) is 24.3 Å². The van der Waals surface area contributed by atoms with E-state index in [1.807, 2.05) is 6.92 Å². The summed E-state index contributed by atoms with van der Waals surface area (Å²) >= 11 is 0. The topological polar surface area (TPSA) is 66.4 Å². The van der Waals surface area contributed by atoms with Crippen LogP contribution in [0.3, 0.4) is 0 Å². The van der Waals surface area contributed by atoms with Crippen LogP contribution < -0.4 is 4.72 Å². The first-order valence-corrected chi connectivity index (χ1v) is 7.91. The maximum absolute atomic E-state index is 12.7. The number of aliphatic hydroxyl groups excluding tert-OH is 1. The normalized spacial score (nSPS) is 13.4. The Labute approximate surface area is 113 Å². The van der Waals surface area contributed by atoms with Crippen molar-refractivity contribution < 1.29 is 17.9 Å². The summed E-state index contributed by atoms with van der Waals surface area (Å²) in [5.41, 5.74) is 0.553. The fraction of sp³-hybridized carbons (Fsp3) is 0.538. The van der Waals surface area contributed by atoms with Gasteiger partial charge >= 0.3 is 0 Å². The average Bonchev–Trinajstić information content (AvgIpc) is 2.37. The van der Waals surface area contributed by atoms with E-state index in [4.69, 9.17) is 5.11 Å². The Morgan fingerprint density at radius 2 is 1.95 bits per heavy atom. The maximum atomic E-state index is 12.7. The zero-order chi connectivity index (χ0) is 14.3. The van der Waals surface area contributed by atoms with Crippen LogP contribution in [0.1, 0.15) is 25.3 Å². The molecule has 0 saturated carbocycles. The number of rotatable bonds is 8. The van der Waals surface area contributed by atoms with Crippen molar-refractivity contribution >= 4 is 10.0 Å². The SMILES string of the molecule is CC(CO)CCCNS(=O)(=O)Cc1ccc(F)cc1. The third kappa shape index (κ3) is 6.66. The highest BCUT2D eigenvalue weighted by molar-refractivity contribution is 7.88. The molecule has 1 aromatic rings. The van der Waals surface area contributed by atoms with E-state index < -0.39 is 10.0 Å². The number of hydrogen-bond acceptors (Lipinski definition) is 3. The van der Waals surface area contributed by atoms with Crippen LogP contribution in [0.25, 0.3) is 0 Å². The molecule has 6 heteroatoms. The smallest absolute Gasteiger partial charge is 0.215 e. The zero-order valence-corrected chi connectivity index (χ0v) is 11.8.